The molecule has 0 saturated carbocycles. The van der Waals surface area contributed by atoms with Crippen molar-refractivity contribution in [2.24, 2.45) is 0 Å². The summed E-state index contributed by atoms with van der Waals surface area (Å²) in [7, 11) is 1.28. The van der Waals surface area contributed by atoms with Gasteiger partial charge in [-0.2, -0.15) is 0 Å². The van der Waals surface area contributed by atoms with Gasteiger partial charge in [-0.25, -0.2) is 4.79 Å². The average molecular weight is 341 g/mol. The van der Waals surface area contributed by atoms with E-state index in [4.69, 9.17) is 4.74 Å². The maximum atomic E-state index is 10.9. The number of carbonyl (C=O) groups excluding carboxylic acids is 1. The van der Waals surface area contributed by atoms with Crippen LogP contribution in [-0.2, 0) is 22.6 Å². The number of methoxy groups -OCH3 is 1. The molecular formula is C20H23NO4. The molecule has 0 aliphatic rings. The Morgan fingerprint density at radius 2 is 1.76 bits per heavy atom. The van der Waals surface area contributed by atoms with Crippen molar-refractivity contribution in [3.05, 3.63) is 77.9 Å². The Morgan fingerprint density at radius 3 is 2.48 bits per heavy atom. The van der Waals surface area contributed by atoms with E-state index in [1.807, 2.05) is 36.4 Å². The number of phenolic OH excluding ortho intramolecular Hbond substituents is 1. The molecule has 0 aromatic heterocycles. The normalized spacial score (nSPS) is 11.0. The first kappa shape index (κ1) is 18.5. The minimum atomic E-state index is -0.689. The van der Waals surface area contributed by atoms with Crippen LogP contribution >= 0.6 is 0 Å². The minimum Gasteiger partial charge on any atom is -0.508 e. The van der Waals surface area contributed by atoms with Crippen molar-refractivity contribution in [2.75, 3.05) is 20.3 Å². The second kappa shape index (κ2) is 10.2. The molecule has 1 N–H and O–H groups in total. The van der Waals surface area contributed by atoms with Gasteiger partial charge in [0.05, 0.1) is 7.11 Å². The molecule has 2 aromatic carbocycles. The van der Waals surface area contributed by atoms with Gasteiger partial charge in [0.1, 0.15) is 12.4 Å². The molecule has 5 heteroatoms. The monoisotopic (exact) mass is 341 g/mol. The summed E-state index contributed by atoms with van der Waals surface area (Å²) in [4.78, 5) is 13.1. The standard InChI is InChI=1S/C20H23NO4/c1-24-20(23)25-13-6-5-12-21(15-17-8-3-2-4-9-17)16-18-10-7-11-19(22)14-18/h2-11,14,22H,12-13,15-16H2,1H3/b6-5-. The van der Waals surface area contributed by atoms with E-state index in [9.17, 15) is 9.90 Å². The Bertz CT molecular complexity index is 685. The zero-order chi connectivity index (χ0) is 17.9. The van der Waals surface area contributed by atoms with Gasteiger partial charge in [-0.1, -0.05) is 48.5 Å². The molecule has 0 unspecified atom stereocenters. The molecule has 0 aliphatic heterocycles. The number of aromatic hydroxyl groups is 1. The van der Waals surface area contributed by atoms with Crippen LogP contribution in [0, 0.1) is 0 Å². The van der Waals surface area contributed by atoms with Crippen molar-refractivity contribution < 1.29 is 19.4 Å². The predicted octanol–water partition coefficient (Wildman–Crippen LogP) is 3.73. The molecule has 0 atom stereocenters. The lowest BCUT2D eigenvalue weighted by Gasteiger charge is -2.21. The molecule has 0 amide bonds. The first-order valence-electron chi connectivity index (χ1n) is 8.07. The quantitative estimate of drug-likeness (QED) is 0.585. The molecule has 2 aromatic rings. The molecular weight excluding hydrogens is 318 g/mol. The third kappa shape index (κ3) is 7.10. The van der Waals surface area contributed by atoms with Crippen LogP contribution < -0.4 is 0 Å². The number of carbonyl (C=O) groups is 1. The van der Waals surface area contributed by atoms with Gasteiger partial charge in [-0.15, -0.1) is 0 Å². The largest absolute Gasteiger partial charge is 0.508 e. The third-order valence-electron chi connectivity index (χ3n) is 3.56. The summed E-state index contributed by atoms with van der Waals surface area (Å²) in [6, 6.07) is 17.4. The van der Waals surface area contributed by atoms with Crippen LogP contribution in [-0.4, -0.2) is 36.4 Å². The fraction of sp³-hybridized carbons (Fsp3) is 0.250. The van der Waals surface area contributed by atoms with Crippen molar-refractivity contribution >= 4 is 6.16 Å². The summed E-state index contributed by atoms with van der Waals surface area (Å²) in [6.45, 7) is 2.34. The van der Waals surface area contributed by atoms with E-state index in [0.717, 1.165) is 12.1 Å². The lowest BCUT2D eigenvalue weighted by Crippen LogP contribution is -2.23. The molecule has 132 valence electrons. The van der Waals surface area contributed by atoms with Gasteiger partial charge in [-0.3, -0.25) is 4.90 Å². The van der Waals surface area contributed by atoms with Crippen LogP contribution in [0.5, 0.6) is 5.75 Å². The zero-order valence-electron chi connectivity index (χ0n) is 14.3. The second-order valence-electron chi connectivity index (χ2n) is 5.56. The molecule has 0 bridgehead atoms. The molecule has 25 heavy (non-hydrogen) atoms. The summed E-state index contributed by atoms with van der Waals surface area (Å²) < 4.78 is 9.24. The lowest BCUT2D eigenvalue weighted by atomic mass is 10.1. The van der Waals surface area contributed by atoms with Crippen molar-refractivity contribution in [3.8, 4) is 5.75 Å². The summed E-state index contributed by atoms with van der Waals surface area (Å²) in [5.74, 6) is 0.263. The minimum absolute atomic E-state index is 0.179. The van der Waals surface area contributed by atoms with Gasteiger partial charge in [0.25, 0.3) is 0 Å². The van der Waals surface area contributed by atoms with E-state index in [1.54, 1.807) is 18.2 Å². The first-order valence-corrected chi connectivity index (χ1v) is 8.07. The Kier molecular flexibility index (Phi) is 7.53. The van der Waals surface area contributed by atoms with Crippen molar-refractivity contribution in [1.29, 1.82) is 0 Å². The highest BCUT2D eigenvalue weighted by atomic mass is 16.7. The highest BCUT2D eigenvalue weighted by Crippen LogP contribution is 2.15. The number of hydrogen-bond donors (Lipinski definition) is 1. The SMILES string of the molecule is COC(=O)OC/C=C\CN(Cc1ccccc1)Cc1cccc(O)c1. The summed E-state index contributed by atoms with van der Waals surface area (Å²) in [6.07, 6.45) is 3.05. The Morgan fingerprint density at radius 1 is 1.04 bits per heavy atom. The lowest BCUT2D eigenvalue weighted by molar-refractivity contribution is 0.0817. The number of ether oxygens (including phenoxy) is 2. The molecule has 0 aliphatic carbocycles. The van der Waals surface area contributed by atoms with Crippen LogP contribution in [0.1, 0.15) is 11.1 Å². The topological polar surface area (TPSA) is 59.0 Å². The van der Waals surface area contributed by atoms with Gasteiger partial charge in [0.15, 0.2) is 0 Å². The second-order valence-corrected chi connectivity index (χ2v) is 5.56. The maximum Gasteiger partial charge on any atom is 0.508 e. The third-order valence-corrected chi connectivity index (χ3v) is 3.56. The number of phenols is 1. The first-order chi connectivity index (χ1) is 12.2. The average Bonchev–Trinajstić information content (AvgIpc) is 2.62. The van der Waals surface area contributed by atoms with Crippen molar-refractivity contribution in [3.63, 3.8) is 0 Å². The Labute approximate surface area is 148 Å². The molecule has 2 rings (SSSR count). The highest BCUT2D eigenvalue weighted by Gasteiger charge is 2.06. The van der Waals surface area contributed by atoms with Crippen LogP contribution in [0.4, 0.5) is 4.79 Å². The van der Waals surface area contributed by atoms with Gasteiger partial charge in [0, 0.05) is 19.6 Å². The smallest absolute Gasteiger partial charge is 0.508 e. The van der Waals surface area contributed by atoms with Crippen LogP contribution in [0.3, 0.4) is 0 Å². The number of nitrogens with zero attached hydrogens (tertiary/aromatic N) is 1. The molecule has 0 saturated heterocycles. The van der Waals surface area contributed by atoms with Crippen LogP contribution in [0.25, 0.3) is 0 Å². The van der Waals surface area contributed by atoms with Gasteiger partial charge < -0.3 is 14.6 Å². The van der Waals surface area contributed by atoms with Gasteiger partial charge in [0.2, 0.25) is 0 Å². The molecule has 0 fully saturated rings. The summed E-state index contributed by atoms with van der Waals surface area (Å²) >= 11 is 0. The molecule has 0 heterocycles. The van der Waals surface area contributed by atoms with E-state index >= 15 is 0 Å². The highest BCUT2D eigenvalue weighted by molar-refractivity contribution is 5.59. The Hall–Kier alpha value is -2.79. The van der Waals surface area contributed by atoms with E-state index < -0.39 is 6.16 Å². The Balaban J connectivity index is 1.96. The summed E-state index contributed by atoms with van der Waals surface area (Å²) in [5, 5.41) is 9.64. The van der Waals surface area contributed by atoms with Gasteiger partial charge >= 0.3 is 6.16 Å². The van der Waals surface area contributed by atoms with E-state index in [0.29, 0.717) is 13.1 Å². The van der Waals surface area contributed by atoms with Crippen molar-refractivity contribution in [2.45, 2.75) is 13.1 Å². The molecule has 5 nitrogen and oxygen atoms in total. The molecule has 0 spiro atoms. The van der Waals surface area contributed by atoms with E-state index in [1.165, 1.54) is 12.7 Å². The van der Waals surface area contributed by atoms with Crippen molar-refractivity contribution in [1.82, 2.24) is 4.90 Å². The summed E-state index contributed by atoms with van der Waals surface area (Å²) in [5.41, 5.74) is 2.25. The number of hydrogen-bond acceptors (Lipinski definition) is 5. The van der Waals surface area contributed by atoms with Gasteiger partial charge in [-0.05, 0) is 29.3 Å². The zero-order valence-corrected chi connectivity index (χ0v) is 14.3. The van der Waals surface area contributed by atoms with E-state index in [-0.39, 0.29) is 12.4 Å². The van der Waals surface area contributed by atoms with Crippen LogP contribution in [0.15, 0.2) is 66.7 Å². The maximum absolute atomic E-state index is 10.9. The van der Waals surface area contributed by atoms with E-state index in [2.05, 4.69) is 21.8 Å². The fourth-order valence-electron chi connectivity index (χ4n) is 2.41. The predicted molar refractivity (Wildman–Crippen MR) is 96.2 cm³/mol. The fourth-order valence-corrected chi connectivity index (χ4v) is 2.41. The number of benzene rings is 2. The number of rotatable bonds is 8. The van der Waals surface area contributed by atoms with Crippen LogP contribution in [0.2, 0.25) is 0 Å². The molecule has 0 radical (unpaired) electrons.